The van der Waals surface area contributed by atoms with Crippen molar-refractivity contribution in [2.24, 2.45) is 5.84 Å². The van der Waals surface area contributed by atoms with Crippen molar-refractivity contribution in [3.8, 4) is 0 Å². The first kappa shape index (κ1) is 10.9. The molecule has 6 nitrogen and oxygen atoms in total. The molecule has 2 fully saturated rings. The van der Waals surface area contributed by atoms with Crippen LogP contribution in [0.25, 0.3) is 0 Å². The van der Waals surface area contributed by atoms with Crippen LogP contribution in [-0.4, -0.2) is 40.6 Å². The number of aromatic nitrogens is 2. The second kappa shape index (κ2) is 4.56. The number of anilines is 1. The molecular weight excluding hydrogens is 218 g/mol. The molecule has 2 aliphatic heterocycles. The van der Waals surface area contributed by atoms with Crippen LogP contribution in [0.2, 0.25) is 0 Å². The van der Waals surface area contributed by atoms with Gasteiger partial charge in [-0.25, -0.2) is 15.8 Å². The van der Waals surface area contributed by atoms with E-state index in [0.717, 1.165) is 13.2 Å². The van der Waals surface area contributed by atoms with Gasteiger partial charge in [-0.3, -0.25) is 4.90 Å². The van der Waals surface area contributed by atoms with Crippen LogP contribution in [0, 0.1) is 0 Å². The Morgan fingerprint density at radius 1 is 1.53 bits per heavy atom. The Balaban J connectivity index is 1.75. The van der Waals surface area contributed by atoms with E-state index in [-0.39, 0.29) is 6.10 Å². The lowest BCUT2D eigenvalue weighted by atomic mass is 10.2. The van der Waals surface area contributed by atoms with Crippen LogP contribution in [0.1, 0.15) is 24.8 Å². The maximum absolute atomic E-state index is 5.84. The van der Waals surface area contributed by atoms with Gasteiger partial charge in [-0.2, -0.15) is 0 Å². The van der Waals surface area contributed by atoms with E-state index in [4.69, 9.17) is 10.6 Å². The maximum Gasteiger partial charge on any atom is 0.160 e. The number of morpholine rings is 1. The highest BCUT2D eigenvalue weighted by Crippen LogP contribution is 2.28. The van der Waals surface area contributed by atoms with Crippen LogP contribution < -0.4 is 11.3 Å². The Bertz CT molecular complexity index is 399. The van der Waals surface area contributed by atoms with Gasteiger partial charge in [0.15, 0.2) is 5.82 Å². The number of nitrogen functional groups attached to an aromatic ring is 1. The van der Waals surface area contributed by atoms with Gasteiger partial charge in [0.2, 0.25) is 0 Å². The molecule has 6 heteroatoms. The molecule has 3 N–H and O–H groups in total. The maximum atomic E-state index is 5.84. The molecule has 0 aromatic carbocycles. The highest BCUT2D eigenvalue weighted by atomic mass is 16.5. The third-order valence-corrected chi connectivity index (χ3v) is 3.50. The smallest absolute Gasteiger partial charge is 0.160 e. The molecule has 1 aromatic heterocycles. The number of hydrazine groups is 1. The molecule has 0 amide bonds. The molecule has 0 radical (unpaired) electrons. The Morgan fingerprint density at radius 3 is 3.35 bits per heavy atom. The van der Waals surface area contributed by atoms with Gasteiger partial charge in [-0.05, 0) is 19.4 Å². The van der Waals surface area contributed by atoms with Gasteiger partial charge in [0, 0.05) is 24.8 Å². The second-order valence-corrected chi connectivity index (χ2v) is 4.56. The summed E-state index contributed by atoms with van der Waals surface area (Å²) >= 11 is 0. The zero-order chi connectivity index (χ0) is 11.7. The van der Waals surface area contributed by atoms with E-state index in [1.165, 1.54) is 19.4 Å². The minimum atomic E-state index is -0.0300. The average Bonchev–Trinajstić information content (AvgIpc) is 2.86. The van der Waals surface area contributed by atoms with Gasteiger partial charge >= 0.3 is 0 Å². The van der Waals surface area contributed by atoms with E-state index in [1.54, 1.807) is 12.3 Å². The number of nitrogens with two attached hydrogens (primary N) is 1. The first-order valence-corrected chi connectivity index (χ1v) is 6.02. The van der Waals surface area contributed by atoms with Crippen molar-refractivity contribution in [2.75, 3.05) is 25.1 Å². The average molecular weight is 235 g/mol. The first-order chi connectivity index (χ1) is 8.36. The van der Waals surface area contributed by atoms with E-state index in [2.05, 4.69) is 20.3 Å². The zero-order valence-corrected chi connectivity index (χ0v) is 9.67. The minimum absolute atomic E-state index is 0.0300. The Kier molecular flexibility index (Phi) is 2.92. The van der Waals surface area contributed by atoms with Crippen molar-refractivity contribution < 1.29 is 4.74 Å². The molecule has 0 spiro atoms. The summed E-state index contributed by atoms with van der Waals surface area (Å²) in [7, 11) is 0. The normalized spacial score (nSPS) is 29.0. The monoisotopic (exact) mass is 235 g/mol. The third-order valence-electron chi connectivity index (χ3n) is 3.50. The number of nitrogens with zero attached hydrogens (tertiary/aromatic N) is 3. The number of fused-ring (bicyclic) bond motifs is 1. The number of hydrogen-bond acceptors (Lipinski definition) is 6. The highest BCUT2D eigenvalue weighted by molar-refractivity contribution is 5.31. The lowest BCUT2D eigenvalue weighted by Gasteiger charge is -2.34. The van der Waals surface area contributed by atoms with Crippen LogP contribution >= 0.6 is 0 Å². The van der Waals surface area contributed by atoms with Crippen LogP contribution in [0.3, 0.4) is 0 Å². The summed E-state index contributed by atoms with van der Waals surface area (Å²) < 4.78 is 5.84. The van der Waals surface area contributed by atoms with Crippen molar-refractivity contribution >= 4 is 5.82 Å². The molecule has 2 aliphatic rings. The molecule has 3 heterocycles. The summed E-state index contributed by atoms with van der Waals surface area (Å²) in [5, 5.41) is 0. The van der Waals surface area contributed by atoms with Crippen molar-refractivity contribution in [3.05, 3.63) is 18.1 Å². The van der Waals surface area contributed by atoms with E-state index >= 15 is 0 Å². The largest absolute Gasteiger partial charge is 0.367 e. The molecule has 92 valence electrons. The number of hydrogen-bond donors (Lipinski definition) is 2. The molecule has 2 unspecified atom stereocenters. The van der Waals surface area contributed by atoms with Gasteiger partial charge in [-0.1, -0.05) is 0 Å². The minimum Gasteiger partial charge on any atom is -0.367 e. The topological polar surface area (TPSA) is 76.3 Å². The van der Waals surface area contributed by atoms with E-state index in [9.17, 15) is 0 Å². The van der Waals surface area contributed by atoms with Crippen molar-refractivity contribution in [1.29, 1.82) is 0 Å². The molecule has 2 atom stereocenters. The fraction of sp³-hybridized carbons (Fsp3) is 0.636. The van der Waals surface area contributed by atoms with Crippen molar-refractivity contribution in [3.63, 3.8) is 0 Å². The quantitative estimate of drug-likeness (QED) is 0.567. The van der Waals surface area contributed by atoms with Gasteiger partial charge < -0.3 is 10.2 Å². The van der Waals surface area contributed by atoms with Crippen LogP contribution in [0.5, 0.6) is 0 Å². The third kappa shape index (κ3) is 2.11. The van der Waals surface area contributed by atoms with Gasteiger partial charge in [0.05, 0.1) is 6.61 Å². The number of ether oxygens (including phenoxy) is 1. The van der Waals surface area contributed by atoms with Gasteiger partial charge in [-0.15, -0.1) is 0 Å². The fourth-order valence-corrected chi connectivity index (χ4v) is 2.58. The Morgan fingerprint density at radius 2 is 2.47 bits per heavy atom. The van der Waals surface area contributed by atoms with Gasteiger partial charge in [0.1, 0.15) is 11.9 Å². The fourth-order valence-electron chi connectivity index (χ4n) is 2.58. The molecular formula is C11H17N5O. The Labute approximate surface area is 100 Å². The predicted octanol–water partition coefficient (Wildman–Crippen LogP) is 0.298. The first-order valence-electron chi connectivity index (χ1n) is 6.02. The number of nitrogens with one attached hydrogen (secondary N) is 1. The van der Waals surface area contributed by atoms with E-state index in [0.29, 0.717) is 17.7 Å². The molecule has 17 heavy (non-hydrogen) atoms. The lowest BCUT2D eigenvalue weighted by Crippen LogP contribution is -2.42. The summed E-state index contributed by atoms with van der Waals surface area (Å²) in [5.41, 5.74) is 2.53. The summed E-state index contributed by atoms with van der Waals surface area (Å²) in [4.78, 5) is 11.1. The highest BCUT2D eigenvalue weighted by Gasteiger charge is 2.33. The number of rotatable bonds is 2. The van der Waals surface area contributed by atoms with Crippen LogP contribution in [0.15, 0.2) is 12.3 Å². The molecule has 3 rings (SSSR count). The standard InChI is InChI=1S/C11H17N5O/c12-15-10-3-4-13-11(14-10)9-6-16-5-1-2-8(16)7-17-9/h3-4,8-9H,1-2,5-7,12H2,(H,13,14,15). The summed E-state index contributed by atoms with van der Waals surface area (Å²) in [6, 6.07) is 2.34. The van der Waals surface area contributed by atoms with Crippen LogP contribution in [0.4, 0.5) is 5.82 Å². The summed E-state index contributed by atoms with van der Waals surface area (Å²) in [6.45, 7) is 2.84. The molecule has 0 aliphatic carbocycles. The Hall–Kier alpha value is -1.24. The predicted molar refractivity (Wildman–Crippen MR) is 63.1 cm³/mol. The van der Waals surface area contributed by atoms with E-state index < -0.39 is 0 Å². The molecule has 0 bridgehead atoms. The second-order valence-electron chi connectivity index (χ2n) is 4.56. The zero-order valence-electron chi connectivity index (χ0n) is 9.67. The molecule has 0 saturated carbocycles. The van der Waals surface area contributed by atoms with Crippen molar-refractivity contribution in [2.45, 2.75) is 25.0 Å². The lowest BCUT2D eigenvalue weighted by molar-refractivity contribution is -0.0540. The SMILES string of the molecule is NNc1ccnc(C2CN3CCCC3CO2)n1. The molecule has 1 aromatic rings. The van der Waals surface area contributed by atoms with Crippen LogP contribution in [-0.2, 0) is 4.74 Å². The summed E-state index contributed by atoms with van der Waals surface area (Å²) in [6.07, 6.45) is 4.19. The summed E-state index contributed by atoms with van der Waals surface area (Å²) in [5.74, 6) is 6.68. The molecule has 2 saturated heterocycles. The van der Waals surface area contributed by atoms with Crippen molar-refractivity contribution in [1.82, 2.24) is 14.9 Å². The van der Waals surface area contributed by atoms with E-state index in [1.807, 2.05) is 0 Å². The van der Waals surface area contributed by atoms with Gasteiger partial charge in [0.25, 0.3) is 0 Å².